The Kier molecular flexibility index (Phi) is 5.58. The van der Waals surface area contributed by atoms with Crippen LogP contribution in [-0.4, -0.2) is 34.7 Å². The lowest BCUT2D eigenvalue weighted by Gasteiger charge is -2.11. The zero-order chi connectivity index (χ0) is 22.0. The summed E-state index contributed by atoms with van der Waals surface area (Å²) in [4.78, 5) is 17.3. The average Bonchev–Trinajstić information content (AvgIpc) is 3.23. The third kappa shape index (κ3) is 3.94. The molecule has 0 bridgehead atoms. The SMILES string of the molecule is COc1ccc(CNC(=O)c2cnn3c(-c4ccc(C)c(C)c4)ccnc23)c(OC)c1. The highest BCUT2D eigenvalue weighted by Gasteiger charge is 2.17. The summed E-state index contributed by atoms with van der Waals surface area (Å²) in [5.41, 5.74) is 6.09. The van der Waals surface area contributed by atoms with E-state index in [9.17, 15) is 4.79 Å². The summed E-state index contributed by atoms with van der Waals surface area (Å²) in [6.07, 6.45) is 3.25. The highest BCUT2D eigenvalue weighted by atomic mass is 16.5. The maximum absolute atomic E-state index is 12.9. The highest BCUT2D eigenvalue weighted by Crippen LogP contribution is 2.25. The number of carbonyl (C=O) groups excluding carboxylic acids is 1. The van der Waals surface area contributed by atoms with Gasteiger partial charge in [-0.3, -0.25) is 4.79 Å². The van der Waals surface area contributed by atoms with E-state index in [0.717, 1.165) is 16.8 Å². The first-order valence-electron chi connectivity index (χ1n) is 9.91. The van der Waals surface area contributed by atoms with Crippen LogP contribution in [0.4, 0.5) is 0 Å². The molecule has 1 N–H and O–H groups in total. The molecule has 1 amide bonds. The number of rotatable bonds is 6. The van der Waals surface area contributed by atoms with Gasteiger partial charge in [-0.2, -0.15) is 5.10 Å². The number of carbonyl (C=O) groups is 1. The number of aromatic nitrogens is 3. The fourth-order valence-electron chi connectivity index (χ4n) is 3.44. The van der Waals surface area contributed by atoms with E-state index in [2.05, 4.69) is 47.4 Å². The number of methoxy groups -OCH3 is 2. The molecule has 2 aromatic heterocycles. The van der Waals surface area contributed by atoms with Crippen LogP contribution in [0.25, 0.3) is 16.9 Å². The number of fused-ring (bicyclic) bond motifs is 1. The number of hydrogen-bond acceptors (Lipinski definition) is 5. The average molecular weight is 416 g/mol. The monoisotopic (exact) mass is 416 g/mol. The summed E-state index contributed by atoms with van der Waals surface area (Å²) < 4.78 is 12.3. The zero-order valence-corrected chi connectivity index (χ0v) is 18.0. The predicted molar refractivity (Wildman–Crippen MR) is 119 cm³/mol. The van der Waals surface area contributed by atoms with E-state index in [0.29, 0.717) is 29.3 Å². The first-order valence-corrected chi connectivity index (χ1v) is 9.91. The van der Waals surface area contributed by atoms with Crippen molar-refractivity contribution in [3.8, 4) is 22.8 Å². The van der Waals surface area contributed by atoms with Gasteiger partial charge in [-0.05, 0) is 49.2 Å². The van der Waals surface area contributed by atoms with E-state index in [1.54, 1.807) is 37.2 Å². The van der Waals surface area contributed by atoms with Crippen LogP contribution >= 0.6 is 0 Å². The quantitative estimate of drug-likeness (QED) is 0.515. The molecule has 0 fully saturated rings. The Bertz CT molecular complexity index is 1260. The van der Waals surface area contributed by atoms with Gasteiger partial charge in [-0.1, -0.05) is 12.1 Å². The van der Waals surface area contributed by atoms with E-state index in [-0.39, 0.29) is 5.91 Å². The number of aryl methyl sites for hydroxylation is 2. The van der Waals surface area contributed by atoms with E-state index < -0.39 is 0 Å². The molecule has 0 unspecified atom stereocenters. The fraction of sp³-hybridized carbons (Fsp3) is 0.208. The van der Waals surface area contributed by atoms with Crippen molar-refractivity contribution in [2.45, 2.75) is 20.4 Å². The first-order chi connectivity index (χ1) is 15.0. The molecule has 2 heterocycles. The molecule has 0 aliphatic carbocycles. The Hall–Kier alpha value is -3.87. The van der Waals surface area contributed by atoms with Crippen molar-refractivity contribution in [2.75, 3.05) is 14.2 Å². The van der Waals surface area contributed by atoms with Crippen molar-refractivity contribution in [1.29, 1.82) is 0 Å². The molecular weight excluding hydrogens is 392 g/mol. The molecule has 31 heavy (non-hydrogen) atoms. The Morgan fingerprint density at radius 3 is 2.61 bits per heavy atom. The second-order valence-corrected chi connectivity index (χ2v) is 7.28. The molecule has 7 heteroatoms. The predicted octanol–water partition coefficient (Wildman–Crippen LogP) is 3.96. The maximum Gasteiger partial charge on any atom is 0.257 e. The molecule has 0 saturated carbocycles. The summed E-state index contributed by atoms with van der Waals surface area (Å²) in [7, 11) is 3.18. The first kappa shape index (κ1) is 20.4. The molecular formula is C24H24N4O3. The standard InChI is InChI=1S/C24H24N4O3/c1-15-5-6-17(11-16(15)2)21-9-10-25-23-20(14-27-28(21)23)24(29)26-13-18-7-8-19(30-3)12-22(18)31-4/h5-12,14H,13H2,1-4H3,(H,26,29). The van der Waals surface area contributed by atoms with Crippen LogP contribution in [0.3, 0.4) is 0 Å². The van der Waals surface area contributed by atoms with E-state index >= 15 is 0 Å². The molecule has 0 saturated heterocycles. The number of nitrogens with one attached hydrogen (secondary N) is 1. The molecule has 0 aliphatic heterocycles. The highest BCUT2D eigenvalue weighted by molar-refractivity contribution is 5.99. The lowest BCUT2D eigenvalue weighted by Crippen LogP contribution is -2.23. The van der Waals surface area contributed by atoms with Gasteiger partial charge in [0.25, 0.3) is 5.91 Å². The molecule has 4 aromatic rings. The third-order valence-corrected chi connectivity index (χ3v) is 5.38. The van der Waals surface area contributed by atoms with Crippen LogP contribution in [0, 0.1) is 13.8 Å². The van der Waals surface area contributed by atoms with Gasteiger partial charge in [-0.15, -0.1) is 0 Å². The Labute approximate surface area is 180 Å². The van der Waals surface area contributed by atoms with Gasteiger partial charge in [0.05, 0.1) is 26.1 Å². The lowest BCUT2D eigenvalue weighted by molar-refractivity contribution is 0.0952. The summed E-state index contributed by atoms with van der Waals surface area (Å²) >= 11 is 0. The number of nitrogens with zero attached hydrogens (tertiary/aromatic N) is 3. The fourth-order valence-corrected chi connectivity index (χ4v) is 3.44. The minimum atomic E-state index is -0.252. The van der Waals surface area contributed by atoms with E-state index in [1.165, 1.54) is 11.1 Å². The van der Waals surface area contributed by atoms with Crippen LogP contribution in [0.5, 0.6) is 11.5 Å². The van der Waals surface area contributed by atoms with Crippen molar-refractivity contribution in [3.63, 3.8) is 0 Å². The van der Waals surface area contributed by atoms with Crippen LogP contribution in [-0.2, 0) is 6.54 Å². The maximum atomic E-state index is 12.9. The van der Waals surface area contributed by atoms with E-state index in [4.69, 9.17) is 9.47 Å². The molecule has 0 aliphatic rings. The van der Waals surface area contributed by atoms with Crippen molar-refractivity contribution < 1.29 is 14.3 Å². The largest absolute Gasteiger partial charge is 0.497 e. The molecule has 2 aromatic carbocycles. The molecule has 0 radical (unpaired) electrons. The number of amides is 1. The second-order valence-electron chi connectivity index (χ2n) is 7.28. The molecule has 0 atom stereocenters. The molecule has 158 valence electrons. The van der Waals surface area contributed by atoms with Gasteiger partial charge >= 0.3 is 0 Å². The summed E-state index contributed by atoms with van der Waals surface area (Å²) in [5, 5.41) is 7.36. The lowest BCUT2D eigenvalue weighted by atomic mass is 10.0. The van der Waals surface area contributed by atoms with Gasteiger partial charge in [0, 0.05) is 29.9 Å². The summed E-state index contributed by atoms with van der Waals surface area (Å²) in [6.45, 7) is 4.46. The minimum absolute atomic E-state index is 0.252. The molecule has 0 spiro atoms. The van der Waals surface area contributed by atoms with Gasteiger partial charge in [-0.25, -0.2) is 9.50 Å². The van der Waals surface area contributed by atoms with Gasteiger partial charge < -0.3 is 14.8 Å². The topological polar surface area (TPSA) is 77.8 Å². The minimum Gasteiger partial charge on any atom is -0.497 e. The Balaban J connectivity index is 1.60. The zero-order valence-electron chi connectivity index (χ0n) is 18.0. The van der Waals surface area contributed by atoms with Gasteiger partial charge in [0.15, 0.2) is 5.65 Å². The summed E-state index contributed by atoms with van der Waals surface area (Å²) in [5.74, 6) is 1.09. The number of hydrogen-bond donors (Lipinski definition) is 1. The van der Waals surface area contributed by atoms with Crippen LogP contribution in [0.15, 0.2) is 54.9 Å². The van der Waals surface area contributed by atoms with Crippen LogP contribution < -0.4 is 14.8 Å². The molecule has 7 nitrogen and oxygen atoms in total. The number of benzene rings is 2. The van der Waals surface area contributed by atoms with Crippen molar-refractivity contribution >= 4 is 11.6 Å². The smallest absolute Gasteiger partial charge is 0.257 e. The second kappa shape index (κ2) is 8.47. The molecule has 4 rings (SSSR count). The van der Waals surface area contributed by atoms with Crippen LogP contribution in [0.1, 0.15) is 27.0 Å². The van der Waals surface area contributed by atoms with Gasteiger partial charge in [0.1, 0.15) is 17.1 Å². The third-order valence-electron chi connectivity index (χ3n) is 5.38. The van der Waals surface area contributed by atoms with Crippen molar-refractivity contribution in [2.24, 2.45) is 0 Å². The van der Waals surface area contributed by atoms with E-state index in [1.807, 2.05) is 18.2 Å². The van der Waals surface area contributed by atoms with Gasteiger partial charge in [0.2, 0.25) is 0 Å². The number of ether oxygens (including phenoxy) is 2. The normalized spacial score (nSPS) is 10.8. The van der Waals surface area contributed by atoms with Crippen molar-refractivity contribution in [1.82, 2.24) is 19.9 Å². The Morgan fingerprint density at radius 1 is 1.03 bits per heavy atom. The summed E-state index contributed by atoms with van der Waals surface area (Å²) in [6, 6.07) is 13.6. The van der Waals surface area contributed by atoms with Crippen molar-refractivity contribution in [3.05, 3.63) is 77.1 Å². The van der Waals surface area contributed by atoms with Crippen LogP contribution in [0.2, 0.25) is 0 Å². The Morgan fingerprint density at radius 2 is 1.87 bits per heavy atom.